The molecule has 1 aromatic heterocycles. The Morgan fingerprint density at radius 2 is 1.89 bits per heavy atom. The smallest absolute Gasteiger partial charge is 0.325 e. The quantitative estimate of drug-likeness (QED) is 0.272. The third kappa shape index (κ3) is 4.09. The number of ether oxygens (including phenoxy) is 1. The van der Waals surface area contributed by atoms with Crippen molar-refractivity contribution in [1.82, 2.24) is 9.55 Å². The zero-order chi connectivity index (χ0) is 20.3. The van der Waals surface area contributed by atoms with Crippen LogP contribution in [0.1, 0.15) is 10.4 Å². The number of benzene rings is 2. The number of thioether (sulfide) groups is 1. The van der Waals surface area contributed by atoms with Crippen LogP contribution >= 0.6 is 11.8 Å². The Bertz CT molecular complexity index is 1130. The van der Waals surface area contributed by atoms with Crippen molar-refractivity contribution < 1.29 is 23.1 Å². The molecule has 6 nitrogen and oxygen atoms in total. The summed E-state index contributed by atoms with van der Waals surface area (Å²) in [6.45, 7) is -0.366. The summed E-state index contributed by atoms with van der Waals surface area (Å²) in [6, 6.07) is 9.46. The predicted octanol–water partition coefficient (Wildman–Crippen LogP) is 2.82. The van der Waals surface area contributed by atoms with E-state index in [1.807, 2.05) is 0 Å². The SMILES string of the molecule is COC(=O)Cn1c(SCC(=O)c2ccc(F)c(F)c2)nc2ccccc2c1=O. The van der Waals surface area contributed by atoms with Gasteiger partial charge in [-0.1, -0.05) is 23.9 Å². The minimum Gasteiger partial charge on any atom is -0.468 e. The number of hydrogen-bond donors (Lipinski definition) is 0. The third-order valence-electron chi connectivity index (χ3n) is 3.92. The molecule has 28 heavy (non-hydrogen) atoms. The zero-order valence-corrected chi connectivity index (χ0v) is 15.5. The molecule has 9 heteroatoms. The lowest BCUT2D eigenvalue weighted by atomic mass is 10.1. The highest BCUT2D eigenvalue weighted by molar-refractivity contribution is 7.99. The standard InChI is InChI=1S/C19H14F2N2O4S/c1-27-17(25)9-23-18(26)12-4-2-3-5-15(12)22-19(23)28-10-16(24)11-6-7-13(20)14(21)8-11/h2-8H,9-10H2,1H3. The molecule has 1 heterocycles. The number of carbonyl (C=O) groups excluding carboxylic acids is 2. The van der Waals surface area contributed by atoms with Crippen LogP contribution in [-0.2, 0) is 16.1 Å². The highest BCUT2D eigenvalue weighted by atomic mass is 32.2. The van der Waals surface area contributed by atoms with Gasteiger partial charge in [-0.05, 0) is 30.3 Å². The maximum atomic E-state index is 13.3. The lowest BCUT2D eigenvalue weighted by Crippen LogP contribution is -2.27. The molecule has 0 amide bonds. The van der Waals surface area contributed by atoms with E-state index in [-0.39, 0.29) is 23.0 Å². The van der Waals surface area contributed by atoms with Gasteiger partial charge in [0.15, 0.2) is 22.6 Å². The van der Waals surface area contributed by atoms with Gasteiger partial charge in [-0.3, -0.25) is 19.0 Å². The molecule has 0 saturated heterocycles. The number of rotatable bonds is 6. The van der Waals surface area contributed by atoms with Gasteiger partial charge in [-0.25, -0.2) is 13.8 Å². The summed E-state index contributed by atoms with van der Waals surface area (Å²) in [4.78, 5) is 41.1. The molecule has 144 valence electrons. The molecule has 3 aromatic rings. The van der Waals surface area contributed by atoms with Gasteiger partial charge >= 0.3 is 5.97 Å². The van der Waals surface area contributed by atoms with Gasteiger partial charge in [0, 0.05) is 5.56 Å². The van der Waals surface area contributed by atoms with Crippen LogP contribution < -0.4 is 5.56 Å². The van der Waals surface area contributed by atoms with Crippen molar-refractivity contribution >= 4 is 34.4 Å². The Balaban J connectivity index is 1.93. The van der Waals surface area contributed by atoms with E-state index in [2.05, 4.69) is 9.72 Å². The second-order valence-electron chi connectivity index (χ2n) is 5.72. The van der Waals surface area contributed by atoms with Gasteiger partial charge in [0.05, 0.1) is 23.8 Å². The average molecular weight is 404 g/mol. The van der Waals surface area contributed by atoms with E-state index in [1.54, 1.807) is 24.3 Å². The summed E-state index contributed by atoms with van der Waals surface area (Å²) in [5.74, 6) is -3.48. The van der Waals surface area contributed by atoms with Crippen LogP contribution in [0.4, 0.5) is 8.78 Å². The predicted molar refractivity (Wildman–Crippen MR) is 99.4 cm³/mol. The minimum atomic E-state index is -1.12. The normalized spacial score (nSPS) is 10.8. The van der Waals surface area contributed by atoms with Crippen LogP contribution in [0.25, 0.3) is 10.9 Å². The monoisotopic (exact) mass is 404 g/mol. The molecule has 0 unspecified atom stereocenters. The fourth-order valence-electron chi connectivity index (χ4n) is 2.47. The molecular formula is C19H14F2N2O4S. The van der Waals surface area contributed by atoms with Crippen molar-refractivity contribution in [3.63, 3.8) is 0 Å². The molecule has 0 aliphatic heterocycles. The first-order valence-corrected chi connectivity index (χ1v) is 9.06. The van der Waals surface area contributed by atoms with Crippen LogP contribution in [0.5, 0.6) is 0 Å². The van der Waals surface area contributed by atoms with Crippen molar-refractivity contribution in [3.05, 3.63) is 70.0 Å². The molecule has 0 bridgehead atoms. The van der Waals surface area contributed by atoms with Gasteiger partial charge in [0.2, 0.25) is 0 Å². The van der Waals surface area contributed by atoms with Gasteiger partial charge in [0.1, 0.15) is 6.54 Å². The van der Waals surface area contributed by atoms with E-state index in [1.165, 1.54) is 13.2 Å². The summed E-state index contributed by atoms with van der Waals surface area (Å²) >= 11 is 0.920. The van der Waals surface area contributed by atoms with E-state index in [0.717, 1.165) is 28.5 Å². The van der Waals surface area contributed by atoms with Crippen LogP contribution in [-0.4, -0.2) is 34.2 Å². The largest absolute Gasteiger partial charge is 0.468 e. The van der Waals surface area contributed by atoms with Crippen LogP contribution in [0.15, 0.2) is 52.4 Å². The first-order valence-electron chi connectivity index (χ1n) is 8.08. The second kappa shape index (κ2) is 8.30. The Hall–Kier alpha value is -3.07. The number of methoxy groups -OCH3 is 1. The number of Topliss-reactive ketones (excluding diaryl/α,β-unsaturated/α-hetero) is 1. The third-order valence-corrected chi connectivity index (χ3v) is 4.89. The summed E-state index contributed by atoms with van der Waals surface area (Å²) in [5, 5.41) is 0.465. The Kier molecular flexibility index (Phi) is 5.84. The molecule has 0 aliphatic rings. The second-order valence-corrected chi connectivity index (χ2v) is 6.66. The molecule has 0 saturated carbocycles. The molecule has 0 atom stereocenters. The summed E-state index contributed by atoms with van der Waals surface area (Å²) in [7, 11) is 1.20. The maximum Gasteiger partial charge on any atom is 0.325 e. The van der Waals surface area contributed by atoms with Crippen LogP contribution in [0.3, 0.4) is 0 Å². The summed E-state index contributed by atoms with van der Waals surface area (Å²) in [6.07, 6.45) is 0. The number of esters is 1. The number of aromatic nitrogens is 2. The maximum absolute atomic E-state index is 13.3. The minimum absolute atomic E-state index is 0.00551. The summed E-state index contributed by atoms with van der Waals surface area (Å²) < 4.78 is 32.1. The van der Waals surface area contributed by atoms with E-state index >= 15 is 0 Å². The highest BCUT2D eigenvalue weighted by Crippen LogP contribution is 2.20. The number of fused-ring (bicyclic) bond motifs is 1. The molecule has 3 rings (SSSR count). The molecule has 0 fully saturated rings. The number of ketones is 1. The van der Waals surface area contributed by atoms with Crippen LogP contribution in [0, 0.1) is 11.6 Å². The molecule has 2 aromatic carbocycles. The van der Waals surface area contributed by atoms with Gasteiger partial charge in [0.25, 0.3) is 5.56 Å². The van der Waals surface area contributed by atoms with E-state index < -0.39 is 28.9 Å². The number of para-hydroxylation sites is 1. The van der Waals surface area contributed by atoms with Gasteiger partial charge in [-0.2, -0.15) is 0 Å². The summed E-state index contributed by atoms with van der Waals surface area (Å²) in [5.41, 5.74) is -0.0378. The fourth-order valence-corrected chi connectivity index (χ4v) is 3.37. The van der Waals surface area contributed by atoms with Crippen molar-refractivity contribution in [1.29, 1.82) is 0 Å². The Morgan fingerprint density at radius 3 is 2.61 bits per heavy atom. The molecular weight excluding hydrogens is 390 g/mol. The van der Waals surface area contributed by atoms with Crippen molar-refractivity contribution in [2.75, 3.05) is 12.9 Å². The van der Waals surface area contributed by atoms with Gasteiger partial charge < -0.3 is 4.74 Å². The molecule has 0 spiro atoms. The lowest BCUT2D eigenvalue weighted by molar-refractivity contribution is -0.141. The fraction of sp³-hybridized carbons (Fsp3) is 0.158. The molecule has 0 aliphatic carbocycles. The number of halogens is 2. The van der Waals surface area contributed by atoms with E-state index in [4.69, 9.17) is 0 Å². The van der Waals surface area contributed by atoms with Crippen molar-refractivity contribution in [3.8, 4) is 0 Å². The lowest BCUT2D eigenvalue weighted by Gasteiger charge is -2.12. The Morgan fingerprint density at radius 1 is 1.14 bits per heavy atom. The zero-order valence-electron chi connectivity index (χ0n) is 14.6. The van der Waals surface area contributed by atoms with Gasteiger partial charge in [-0.15, -0.1) is 0 Å². The topological polar surface area (TPSA) is 78.3 Å². The molecule has 0 radical (unpaired) electrons. The van der Waals surface area contributed by atoms with E-state index in [9.17, 15) is 23.2 Å². The molecule has 0 N–H and O–H groups in total. The van der Waals surface area contributed by atoms with Crippen molar-refractivity contribution in [2.45, 2.75) is 11.7 Å². The number of nitrogens with zero attached hydrogens (tertiary/aromatic N) is 2. The van der Waals surface area contributed by atoms with E-state index in [0.29, 0.717) is 10.9 Å². The first kappa shape index (κ1) is 19.7. The van der Waals surface area contributed by atoms with Crippen molar-refractivity contribution in [2.24, 2.45) is 0 Å². The Labute approximate surface area is 162 Å². The van der Waals surface area contributed by atoms with Crippen LogP contribution in [0.2, 0.25) is 0 Å². The number of hydrogen-bond acceptors (Lipinski definition) is 6. The highest BCUT2D eigenvalue weighted by Gasteiger charge is 2.17. The number of carbonyl (C=O) groups is 2. The average Bonchev–Trinajstić information content (AvgIpc) is 2.70. The first-order chi connectivity index (χ1) is 13.4.